The van der Waals surface area contributed by atoms with Crippen molar-refractivity contribution in [3.63, 3.8) is 0 Å². The molecule has 0 aliphatic heterocycles. The molecule has 4 N–H and O–H groups in total. The van der Waals surface area contributed by atoms with E-state index in [4.69, 9.17) is 15.6 Å². The summed E-state index contributed by atoms with van der Waals surface area (Å²) in [6.07, 6.45) is 0. The Morgan fingerprint density at radius 3 is 2.89 bits per heavy atom. The van der Waals surface area contributed by atoms with Crippen molar-refractivity contribution in [2.45, 2.75) is 0 Å². The van der Waals surface area contributed by atoms with Crippen LogP contribution in [-0.2, 0) is 4.74 Å². The molecule has 0 aliphatic rings. The second kappa shape index (κ2) is 7.30. The lowest BCUT2D eigenvalue weighted by molar-refractivity contribution is 0.0837. The van der Waals surface area contributed by atoms with Gasteiger partial charge in [-0.25, -0.2) is 4.39 Å². The average molecular weight is 321 g/mol. The van der Waals surface area contributed by atoms with Crippen molar-refractivity contribution in [2.24, 2.45) is 0 Å². The van der Waals surface area contributed by atoms with Gasteiger partial charge in [-0.2, -0.15) is 0 Å². The molecule has 18 heavy (non-hydrogen) atoms. The normalized spacial score (nSPS) is 10.4. The topological polar surface area (TPSA) is 84.6 Å². The van der Waals surface area contributed by atoms with Crippen molar-refractivity contribution in [3.05, 3.63) is 28.0 Å². The summed E-state index contributed by atoms with van der Waals surface area (Å²) in [5.41, 5.74) is 5.57. The van der Waals surface area contributed by atoms with Crippen LogP contribution in [0.2, 0.25) is 0 Å². The van der Waals surface area contributed by atoms with Gasteiger partial charge in [0.2, 0.25) is 0 Å². The zero-order valence-electron chi connectivity index (χ0n) is 9.58. The second-order valence-corrected chi connectivity index (χ2v) is 4.30. The van der Waals surface area contributed by atoms with Crippen LogP contribution in [0.3, 0.4) is 0 Å². The molecule has 0 bridgehead atoms. The number of hydrogen-bond acceptors (Lipinski definition) is 4. The van der Waals surface area contributed by atoms with Crippen molar-refractivity contribution >= 4 is 27.5 Å². The van der Waals surface area contributed by atoms with Gasteiger partial charge in [-0.1, -0.05) is 0 Å². The van der Waals surface area contributed by atoms with Crippen LogP contribution in [0.4, 0.5) is 10.1 Å². The first-order chi connectivity index (χ1) is 8.56. The van der Waals surface area contributed by atoms with Crippen LogP contribution in [0.1, 0.15) is 10.4 Å². The fourth-order valence-electron chi connectivity index (χ4n) is 1.24. The number of amides is 1. The number of aliphatic hydroxyl groups excluding tert-OH is 1. The number of aliphatic hydroxyl groups is 1. The summed E-state index contributed by atoms with van der Waals surface area (Å²) in [6, 6.07) is 2.41. The van der Waals surface area contributed by atoms with Crippen LogP contribution >= 0.6 is 15.9 Å². The van der Waals surface area contributed by atoms with E-state index >= 15 is 0 Å². The molecule has 0 atom stereocenters. The van der Waals surface area contributed by atoms with E-state index in [1.807, 2.05) is 0 Å². The number of nitrogens with one attached hydrogen (secondary N) is 1. The quantitative estimate of drug-likeness (QED) is 0.537. The molecule has 0 unspecified atom stereocenters. The van der Waals surface area contributed by atoms with Gasteiger partial charge >= 0.3 is 0 Å². The Bertz CT molecular complexity index is 429. The van der Waals surface area contributed by atoms with Crippen LogP contribution in [-0.4, -0.2) is 37.4 Å². The summed E-state index contributed by atoms with van der Waals surface area (Å²) in [5.74, 6) is -0.953. The zero-order valence-corrected chi connectivity index (χ0v) is 11.2. The fourth-order valence-corrected chi connectivity index (χ4v) is 1.73. The fraction of sp³-hybridized carbons (Fsp3) is 0.364. The molecule has 5 nitrogen and oxygen atoms in total. The number of halogens is 2. The van der Waals surface area contributed by atoms with E-state index in [0.29, 0.717) is 17.6 Å². The second-order valence-electron chi connectivity index (χ2n) is 3.45. The highest BCUT2D eigenvalue weighted by Crippen LogP contribution is 2.22. The zero-order chi connectivity index (χ0) is 13.5. The van der Waals surface area contributed by atoms with Gasteiger partial charge in [0, 0.05) is 11.0 Å². The van der Waals surface area contributed by atoms with Gasteiger partial charge in [-0.15, -0.1) is 0 Å². The Morgan fingerprint density at radius 2 is 2.22 bits per heavy atom. The first-order valence-corrected chi connectivity index (χ1v) is 6.07. The Balaban J connectivity index is 2.54. The summed E-state index contributed by atoms with van der Waals surface area (Å²) in [6.45, 7) is 0.750. The van der Waals surface area contributed by atoms with Crippen molar-refractivity contribution in [2.75, 3.05) is 32.1 Å². The number of carbonyl (C=O) groups excluding carboxylic acids is 1. The lowest BCUT2D eigenvalue weighted by Crippen LogP contribution is -2.28. The van der Waals surface area contributed by atoms with E-state index in [2.05, 4.69) is 21.2 Å². The first kappa shape index (κ1) is 14.9. The molecular formula is C11H14BrFN2O3. The predicted molar refractivity (Wildman–Crippen MR) is 68.8 cm³/mol. The average Bonchev–Trinajstić information content (AvgIpc) is 2.33. The van der Waals surface area contributed by atoms with Crippen LogP contribution in [0, 0.1) is 5.82 Å². The highest BCUT2D eigenvalue weighted by Gasteiger charge is 2.12. The Morgan fingerprint density at radius 1 is 1.50 bits per heavy atom. The smallest absolute Gasteiger partial charge is 0.252 e. The Kier molecular flexibility index (Phi) is 6.03. The van der Waals surface area contributed by atoms with Crippen LogP contribution in [0.25, 0.3) is 0 Å². The molecule has 1 rings (SSSR count). The van der Waals surface area contributed by atoms with Crippen LogP contribution in [0.15, 0.2) is 16.6 Å². The summed E-state index contributed by atoms with van der Waals surface area (Å²) >= 11 is 3.10. The largest absolute Gasteiger partial charge is 0.396 e. The van der Waals surface area contributed by atoms with Gasteiger partial charge in [-0.3, -0.25) is 4.79 Å². The van der Waals surface area contributed by atoms with Crippen molar-refractivity contribution in [3.8, 4) is 0 Å². The minimum atomic E-state index is -0.579. The van der Waals surface area contributed by atoms with E-state index in [1.165, 1.54) is 6.07 Å². The summed E-state index contributed by atoms with van der Waals surface area (Å²) in [7, 11) is 0. The summed E-state index contributed by atoms with van der Waals surface area (Å²) in [4.78, 5) is 11.7. The van der Waals surface area contributed by atoms with Crippen LogP contribution < -0.4 is 11.1 Å². The Hall–Kier alpha value is -1.18. The molecule has 0 saturated carbocycles. The SMILES string of the molecule is Nc1cc(C(=O)NCCOCCO)c(Br)cc1F. The highest BCUT2D eigenvalue weighted by atomic mass is 79.9. The number of ether oxygens (including phenoxy) is 1. The monoisotopic (exact) mass is 320 g/mol. The van der Waals surface area contributed by atoms with E-state index in [-0.39, 0.29) is 30.4 Å². The van der Waals surface area contributed by atoms with Gasteiger partial charge in [0.25, 0.3) is 5.91 Å². The van der Waals surface area contributed by atoms with Gasteiger partial charge in [0.15, 0.2) is 0 Å². The van der Waals surface area contributed by atoms with Gasteiger partial charge in [-0.05, 0) is 28.1 Å². The molecule has 7 heteroatoms. The maximum absolute atomic E-state index is 13.1. The van der Waals surface area contributed by atoms with E-state index < -0.39 is 5.82 Å². The molecule has 0 heterocycles. The third kappa shape index (κ3) is 4.25. The minimum Gasteiger partial charge on any atom is -0.396 e. The number of rotatable bonds is 6. The van der Waals surface area contributed by atoms with Crippen molar-refractivity contribution in [1.82, 2.24) is 5.32 Å². The number of nitrogens with two attached hydrogens (primary N) is 1. The number of hydrogen-bond donors (Lipinski definition) is 3. The van der Waals surface area contributed by atoms with Gasteiger partial charge < -0.3 is 20.9 Å². The van der Waals surface area contributed by atoms with E-state index in [9.17, 15) is 9.18 Å². The number of anilines is 1. The molecule has 0 spiro atoms. The highest BCUT2D eigenvalue weighted by molar-refractivity contribution is 9.10. The van der Waals surface area contributed by atoms with Crippen molar-refractivity contribution < 1.29 is 19.0 Å². The number of nitrogen functional groups attached to an aromatic ring is 1. The van der Waals surface area contributed by atoms with E-state index in [1.54, 1.807) is 0 Å². The first-order valence-electron chi connectivity index (χ1n) is 5.27. The van der Waals surface area contributed by atoms with E-state index in [0.717, 1.165) is 6.07 Å². The summed E-state index contributed by atoms with van der Waals surface area (Å²) in [5, 5.41) is 11.1. The standard InChI is InChI=1S/C11H14BrFN2O3/c12-8-6-9(13)10(14)5-7(8)11(17)15-1-3-18-4-2-16/h5-6,16H,1-4,14H2,(H,15,17). The maximum Gasteiger partial charge on any atom is 0.252 e. The van der Waals surface area contributed by atoms with Crippen molar-refractivity contribution in [1.29, 1.82) is 0 Å². The molecular weight excluding hydrogens is 307 g/mol. The molecule has 0 fully saturated rings. The lowest BCUT2D eigenvalue weighted by atomic mass is 10.2. The lowest BCUT2D eigenvalue weighted by Gasteiger charge is -2.08. The molecule has 0 aliphatic carbocycles. The molecule has 1 amide bonds. The molecule has 0 aromatic heterocycles. The number of carbonyl (C=O) groups is 1. The minimum absolute atomic E-state index is 0.0615. The maximum atomic E-state index is 13.1. The molecule has 1 aromatic rings. The van der Waals surface area contributed by atoms with Gasteiger partial charge in [0.05, 0.1) is 31.1 Å². The third-order valence-corrected chi connectivity index (χ3v) is 2.75. The number of benzene rings is 1. The Labute approximate surface area is 112 Å². The molecule has 0 radical (unpaired) electrons. The van der Waals surface area contributed by atoms with Gasteiger partial charge in [0.1, 0.15) is 5.82 Å². The van der Waals surface area contributed by atoms with Crippen LogP contribution in [0.5, 0.6) is 0 Å². The summed E-state index contributed by atoms with van der Waals surface area (Å²) < 4.78 is 18.4. The molecule has 0 saturated heterocycles. The third-order valence-electron chi connectivity index (χ3n) is 2.10. The molecule has 100 valence electrons. The predicted octanol–water partition coefficient (Wildman–Crippen LogP) is 0.909. The molecule has 1 aromatic carbocycles.